The summed E-state index contributed by atoms with van der Waals surface area (Å²) in [7, 11) is 0. The molecule has 3 rings (SSSR count). The third-order valence-electron chi connectivity index (χ3n) is 3.27. The van der Waals surface area contributed by atoms with Gasteiger partial charge in [-0.2, -0.15) is 0 Å². The van der Waals surface area contributed by atoms with Crippen molar-refractivity contribution in [2.75, 3.05) is 13.2 Å². The molecule has 6 nitrogen and oxygen atoms in total. The maximum absolute atomic E-state index is 11.5. The van der Waals surface area contributed by atoms with Crippen molar-refractivity contribution in [2.45, 2.75) is 13.8 Å². The summed E-state index contributed by atoms with van der Waals surface area (Å²) in [6.45, 7) is 4.91. The minimum atomic E-state index is -0.497. The van der Waals surface area contributed by atoms with Gasteiger partial charge >= 0.3 is 0 Å². The summed E-state index contributed by atoms with van der Waals surface area (Å²) >= 11 is 0. The van der Waals surface area contributed by atoms with Gasteiger partial charge in [0.1, 0.15) is 23.7 Å². The first-order chi connectivity index (χ1) is 11.7. The normalized spacial score (nSPS) is 10.1. The van der Waals surface area contributed by atoms with Gasteiger partial charge in [0.2, 0.25) is 0 Å². The first kappa shape index (κ1) is 17.5. The highest BCUT2D eigenvalue weighted by Gasteiger charge is 2.12. The number of carbonyl (C=O) groups is 1. The highest BCUT2D eigenvalue weighted by atomic mass is 16.5. The van der Waals surface area contributed by atoms with Crippen molar-refractivity contribution in [3.63, 3.8) is 0 Å². The van der Waals surface area contributed by atoms with Crippen LogP contribution in [0.25, 0.3) is 22.4 Å². The number of hydrogen-bond acceptors (Lipinski definition) is 4. The van der Waals surface area contributed by atoms with E-state index in [0.717, 1.165) is 16.8 Å². The zero-order valence-electron chi connectivity index (χ0n) is 13.9. The zero-order chi connectivity index (χ0) is 17.5. The predicted octanol–water partition coefficient (Wildman–Crippen LogP) is 2.69. The van der Waals surface area contributed by atoms with Crippen molar-refractivity contribution in [1.82, 2.24) is 9.97 Å². The number of H-pyrrole nitrogens is 1. The van der Waals surface area contributed by atoms with Gasteiger partial charge in [0.15, 0.2) is 0 Å². The Balaban J connectivity index is 0.00000100. The van der Waals surface area contributed by atoms with Gasteiger partial charge in [-0.25, -0.2) is 4.98 Å². The van der Waals surface area contributed by atoms with E-state index in [-0.39, 0.29) is 0 Å². The van der Waals surface area contributed by atoms with E-state index in [2.05, 4.69) is 9.97 Å². The van der Waals surface area contributed by atoms with E-state index in [1.165, 1.54) is 0 Å². The standard InChI is InChI=1S/C16H16N4O2.C2H6/c17-7-8-22-11-4-1-3-10(9-11)16-19-13-6-2-5-12(15(18)21)14(13)20-16;1-2/h1-6,9H,7-8,17H2,(H2,18,21)(H,19,20);1-2H3. The summed E-state index contributed by atoms with van der Waals surface area (Å²) in [5, 5.41) is 0. The molecule has 0 unspecified atom stereocenters. The number of para-hydroxylation sites is 1. The second kappa shape index (κ2) is 8.12. The van der Waals surface area contributed by atoms with E-state index in [1.807, 2.05) is 44.2 Å². The molecule has 0 saturated heterocycles. The van der Waals surface area contributed by atoms with Crippen LogP contribution in [0.2, 0.25) is 0 Å². The van der Waals surface area contributed by atoms with Crippen molar-refractivity contribution >= 4 is 16.9 Å². The fourth-order valence-electron chi connectivity index (χ4n) is 2.28. The second-order valence-corrected chi connectivity index (χ2v) is 4.82. The highest BCUT2D eigenvalue weighted by molar-refractivity contribution is 6.04. The molecule has 0 atom stereocenters. The molecule has 126 valence electrons. The molecule has 3 aromatic rings. The van der Waals surface area contributed by atoms with Gasteiger partial charge in [-0.3, -0.25) is 4.79 Å². The molecule has 0 radical (unpaired) electrons. The Bertz CT molecular complexity index is 827. The van der Waals surface area contributed by atoms with Crippen LogP contribution in [-0.2, 0) is 0 Å². The first-order valence-electron chi connectivity index (χ1n) is 7.91. The molecule has 0 aliphatic rings. The van der Waals surface area contributed by atoms with E-state index in [4.69, 9.17) is 16.2 Å². The molecule has 1 aromatic heterocycles. The molecule has 0 spiro atoms. The number of primary amides is 1. The van der Waals surface area contributed by atoms with Crippen LogP contribution in [0.4, 0.5) is 0 Å². The number of nitrogens with zero attached hydrogens (tertiary/aromatic N) is 1. The summed E-state index contributed by atoms with van der Waals surface area (Å²) in [4.78, 5) is 19.1. The van der Waals surface area contributed by atoms with Gasteiger partial charge in [0.25, 0.3) is 5.91 Å². The van der Waals surface area contributed by atoms with Crippen LogP contribution >= 0.6 is 0 Å². The Morgan fingerprint density at radius 2 is 1.96 bits per heavy atom. The lowest BCUT2D eigenvalue weighted by Gasteiger charge is -2.05. The topological polar surface area (TPSA) is 107 Å². The lowest BCUT2D eigenvalue weighted by molar-refractivity contribution is 0.100. The van der Waals surface area contributed by atoms with Crippen LogP contribution in [0.3, 0.4) is 0 Å². The SMILES string of the molecule is CC.NCCOc1cccc(-c2nc3c(C(N)=O)cccc3[nH]2)c1. The van der Waals surface area contributed by atoms with Crippen molar-refractivity contribution in [3.05, 3.63) is 48.0 Å². The van der Waals surface area contributed by atoms with Gasteiger partial charge in [0, 0.05) is 12.1 Å². The number of carbonyl (C=O) groups excluding carboxylic acids is 1. The average molecular weight is 326 g/mol. The molecule has 0 bridgehead atoms. The Kier molecular flexibility index (Phi) is 5.92. The van der Waals surface area contributed by atoms with Crippen molar-refractivity contribution < 1.29 is 9.53 Å². The zero-order valence-corrected chi connectivity index (χ0v) is 13.9. The van der Waals surface area contributed by atoms with E-state index < -0.39 is 5.91 Å². The summed E-state index contributed by atoms with van der Waals surface area (Å²) in [6, 6.07) is 12.8. The molecule has 5 N–H and O–H groups in total. The number of amides is 1. The Morgan fingerprint density at radius 1 is 1.21 bits per heavy atom. The summed E-state index contributed by atoms with van der Waals surface area (Å²) in [5.74, 6) is 0.879. The lowest BCUT2D eigenvalue weighted by atomic mass is 10.2. The number of fused-ring (bicyclic) bond motifs is 1. The number of nitrogens with two attached hydrogens (primary N) is 2. The van der Waals surface area contributed by atoms with Crippen LogP contribution in [0.5, 0.6) is 5.75 Å². The number of imidazole rings is 1. The van der Waals surface area contributed by atoms with Crippen LogP contribution in [0.1, 0.15) is 24.2 Å². The maximum Gasteiger partial charge on any atom is 0.250 e. The molecule has 24 heavy (non-hydrogen) atoms. The number of ether oxygens (including phenoxy) is 1. The number of aromatic amines is 1. The Labute approximate surface area is 140 Å². The Morgan fingerprint density at radius 3 is 2.67 bits per heavy atom. The van der Waals surface area contributed by atoms with Crippen LogP contribution in [0, 0.1) is 0 Å². The number of rotatable bonds is 5. The third-order valence-corrected chi connectivity index (χ3v) is 3.27. The van der Waals surface area contributed by atoms with E-state index in [1.54, 1.807) is 12.1 Å². The lowest BCUT2D eigenvalue weighted by Crippen LogP contribution is -2.11. The monoisotopic (exact) mass is 326 g/mol. The molecule has 0 aliphatic heterocycles. The summed E-state index contributed by atoms with van der Waals surface area (Å²) in [6.07, 6.45) is 0. The molecular weight excluding hydrogens is 304 g/mol. The molecule has 0 aliphatic carbocycles. The largest absolute Gasteiger partial charge is 0.492 e. The minimum Gasteiger partial charge on any atom is -0.492 e. The van der Waals surface area contributed by atoms with Gasteiger partial charge in [-0.15, -0.1) is 0 Å². The third kappa shape index (κ3) is 3.72. The van der Waals surface area contributed by atoms with E-state index >= 15 is 0 Å². The summed E-state index contributed by atoms with van der Waals surface area (Å²) < 4.78 is 5.51. The maximum atomic E-state index is 11.5. The first-order valence-corrected chi connectivity index (χ1v) is 7.91. The van der Waals surface area contributed by atoms with E-state index in [0.29, 0.717) is 30.1 Å². The minimum absolute atomic E-state index is 0.399. The van der Waals surface area contributed by atoms with Gasteiger partial charge in [-0.1, -0.05) is 32.0 Å². The molecule has 0 fully saturated rings. The van der Waals surface area contributed by atoms with Crippen molar-refractivity contribution in [1.29, 1.82) is 0 Å². The van der Waals surface area contributed by atoms with Gasteiger partial charge in [-0.05, 0) is 24.3 Å². The predicted molar refractivity (Wildman–Crippen MR) is 95.9 cm³/mol. The van der Waals surface area contributed by atoms with Crippen LogP contribution < -0.4 is 16.2 Å². The molecule has 1 amide bonds. The van der Waals surface area contributed by atoms with Crippen molar-refractivity contribution in [3.8, 4) is 17.1 Å². The average Bonchev–Trinajstić information content (AvgIpc) is 3.06. The number of benzene rings is 2. The molecule has 1 heterocycles. The van der Waals surface area contributed by atoms with Gasteiger partial charge < -0.3 is 21.2 Å². The number of aromatic nitrogens is 2. The van der Waals surface area contributed by atoms with Crippen LogP contribution in [-0.4, -0.2) is 29.0 Å². The number of hydrogen-bond donors (Lipinski definition) is 3. The highest BCUT2D eigenvalue weighted by Crippen LogP contribution is 2.25. The fourth-order valence-corrected chi connectivity index (χ4v) is 2.28. The smallest absolute Gasteiger partial charge is 0.250 e. The molecule has 0 saturated carbocycles. The molecule has 2 aromatic carbocycles. The molecular formula is C18H22N4O2. The Hall–Kier alpha value is -2.86. The summed E-state index contributed by atoms with van der Waals surface area (Å²) in [5.41, 5.74) is 13.4. The second-order valence-electron chi connectivity index (χ2n) is 4.82. The molecule has 6 heteroatoms. The quantitative estimate of drug-likeness (QED) is 0.670. The van der Waals surface area contributed by atoms with E-state index in [9.17, 15) is 4.79 Å². The fraction of sp³-hybridized carbons (Fsp3) is 0.222. The van der Waals surface area contributed by atoms with Crippen molar-refractivity contribution in [2.24, 2.45) is 11.5 Å². The van der Waals surface area contributed by atoms with Crippen LogP contribution in [0.15, 0.2) is 42.5 Å². The van der Waals surface area contributed by atoms with Gasteiger partial charge in [0.05, 0.1) is 11.1 Å². The number of nitrogens with one attached hydrogen (secondary N) is 1.